The zero-order chi connectivity index (χ0) is 19.2. The van der Waals surface area contributed by atoms with Gasteiger partial charge >= 0.3 is 0 Å². The average Bonchev–Trinajstić information content (AvgIpc) is 3.20. The number of hydrogen-bond acceptors (Lipinski definition) is 5. The number of hydrogen-bond donors (Lipinski definition) is 2. The molecule has 148 valence electrons. The maximum atomic E-state index is 5.40. The Morgan fingerprint density at radius 3 is 2.29 bits per heavy atom. The molecule has 0 spiro atoms. The summed E-state index contributed by atoms with van der Waals surface area (Å²) < 4.78 is 16.1. The van der Waals surface area contributed by atoms with Crippen LogP contribution in [0.25, 0.3) is 0 Å². The number of thiocarbonyl (C=S) groups is 1. The Morgan fingerprint density at radius 1 is 0.857 bits per heavy atom. The summed E-state index contributed by atoms with van der Waals surface area (Å²) in [6.45, 7) is 6.28. The molecule has 2 aliphatic heterocycles. The minimum absolute atomic E-state index is 0.289. The highest BCUT2D eigenvalue weighted by Gasteiger charge is 2.13. The molecule has 2 N–H and O–H groups in total. The van der Waals surface area contributed by atoms with Crippen LogP contribution in [0.5, 0.6) is 11.5 Å². The van der Waals surface area contributed by atoms with Crippen LogP contribution in [0.2, 0.25) is 0 Å². The number of nitrogens with one attached hydrogen (secondary N) is 2. The first kappa shape index (κ1) is 19.0. The van der Waals surface area contributed by atoms with E-state index >= 15 is 0 Å². The lowest BCUT2D eigenvalue weighted by Gasteiger charge is -2.26. The first-order valence-corrected chi connectivity index (χ1v) is 9.95. The standard InChI is InChI=1S/C21H25N3O3S/c28-21(23-13-18-5-6-19-20(11-18)27-15-26-19)22-12-16-1-3-17(4-2-16)14-24-7-9-25-10-8-24/h1-6,11H,7-10,12-15H2,(H2,22,23,28). The molecular formula is C21H25N3O3S. The zero-order valence-corrected chi connectivity index (χ0v) is 16.6. The SMILES string of the molecule is S=C(NCc1ccc(CN2CCOCC2)cc1)NCc1ccc2c(c1)OCO2. The van der Waals surface area contributed by atoms with E-state index in [1.165, 1.54) is 11.1 Å². The van der Waals surface area contributed by atoms with E-state index in [1.54, 1.807) is 0 Å². The average molecular weight is 400 g/mol. The molecule has 2 heterocycles. The van der Waals surface area contributed by atoms with Crippen molar-refractivity contribution in [2.45, 2.75) is 19.6 Å². The topological polar surface area (TPSA) is 55.0 Å². The van der Waals surface area contributed by atoms with Gasteiger partial charge in [0.2, 0.25) is 6.79 Å². The molecule has 0 unspecified atom stereocenters. The number of morpholine rings is 1. The molecule has 1 fully saturated rings. The van der Waals surface area contributed by atoms with Crippen LogP contribution in [0.1, 0.15) is 16.7 Å². The third-order valence-corrected chi connectivity index (χ3v) is 5.16. The number of nitrogens with zero attached hydrogens (tertiary/aromatic N) is 1. The van der Waals surface area contributed by atoms with Crippen molar-refractivity contribution in [3.63, 3.8) is 0 Å². The number of rotatable bonds is 6. The Bertz CT molecular complexity index is 807. The van der Waals surface area contributed by atoms with Crippen LogP contribution in [0.15, 0.2) is 42.5 Å². The molecule has 2 aromatic rings. The Labute approximate surface area is 170 Å². The van der Waals surface area contributed by atoms with Crippen molar-refractivity contribution >= 4 is 17.3 Å². The molecule has 0 bridgehead atoms. The van der Waals surface area contributed by atoms with Gasteiger partial charge in [0.25, 0.3) is 0 Å². The van der Waals surface area contributed by atoms with Crippen molar-refractivity contribution < 1.29 is 14.2 Å². The highest BCUT2D eigenvalue weighted by Crippen LogP contribution is 2.32. The van der Waals surface area contributed by atoms with Crippen molar-refractivity contribution in [2.24, 2.45) is 0 Å². The third-order valence-electron chi connectivity index (χ3n) is 4.88. The minimum Gasteiger partial charge on any atom is -0.454 e. The predicted octanol–water partition coefficient (Wildman–Crippen LogP) is 2.41. The smallest absolute Gasteiger partial charge is 0.231 e. The molecule has 0 aliphatic carbocycles. The van der Waals surface area contributed by atoms with Crippen LogP contribution in [-0.4, -0.2) is 43.1 Å². The van der Waals surface area contributed by atoms with Crippen LogP contribution >= 0.6 is 12.2 Å². The summed E-state index contributed by atoms with van der Waals surface area (Å²) in [5.74, 6) is 1.58. The third kappa shape index (κ3) is 5.13. The molecule has 2 aromatic carbocycles. The Kier molecular flexibility index (Phi) is 6.26. The molecule has 0 atom stereocenters. The lowest BCUT2D eigenvalue weighted by atomic mass is 10.1. The Hall–Kier alpha value is -2.35. The lowest BCUT2D eigenvalue weighted by Crippen LogP contribution is -2.35. The van der Waals surface area contributed by atoms with Gasteiger partial charge in [-0.25, -0.2) is 0 Å². The second-order valence-electron chi connectivity index (χ2n) is 6.93. The van der Waals surface area contributed by atoms with Crippen LogP contribution in [0.4, 0.5) is 0 Å². The van der Waals surface area contributed by atoms with Gasteiger partial charge in [-0.15, -0.1) is 0 Å². The van der Waals surface area contributed by atoms with Gasteiger partial charge in [-0.3, -0.25) is 4.90 Å². The van der Waals surface area contributed by atoms with Gasteiger partial charge in [0, 0.05) is 32.7 Å². The van der Waals surface area contributed by atoms with E-state index in [2.05, 4.69) is 39.8 Å². The second-order valence-corrected chi connectivity index (χ2v) is 7.34. The van der Waals surface area contributed by atoms with E-state index < -0.39 is 0 Å². The van der Waals surface area contributed by atoms with E-state index in [4.69, 9.17) is 26.4 Å². The van der Waals surface area contributed by atoms with Gasteiger partial charge < -0.3 is 24.8 Å². The number of fused-ring (bicyclic) bond motifs is 1. The molecule has 4 rings (SSSR count). The van der Waals surface area contributed by atoms with Crippen LogP contribution in [0, 0.1) is 0 Å². The van der Waals surface area contributed by atoms with E-state index in [0.29, 0.717) is 18.2 Å². The molecule has 1 saturated heterocycles. The maximum Gasteiger partial charge on any atom is 0.231 e. The van der Waals surface area contributed by atoms with E-state index in [0.717, 1.165) is 49.9 Å². The minimum atomic E-state index is 0.289. The summed E-state index contributed by atoms with van der Waals surface area (Å²) in [4.78, 5) is 2.42. The molecular weight excluding hydrogens is 374 g/mol. The van der Waals surface area contributed by atoms with Gasteiger partial charge in [0.15, 0.2) is 16.6 Å². The lowest BCUT2D eigenvalue weighted by molar-refractivity contribution is 0.0342. The van der Waals surface area contributed by atoms with Gasteiger partial charge in [0.1, 0.15) is 0 Å². The van der Waals surface area contributed by atoms with Crippen LogP contribution in [-0.2, 0) is 24.4 Å². The molecule has 6 nitrogen and oxygen atoms in total. The Balaban J connectivity index is 1.20. The summed E-state index contributed by atoms with van der Waals surface area (Å²) >= 11 is 5.39. The normalized spacial score (nSPS) is 16.0. The first-order chi connectivity index (χ1) is 13.8. The highest BCUT2D eigenvalue weighted by atomic mass is 32.1. The highest BCUT2D eigenvalue weighted by molar-refractivity contribution is 7.80. The molecule has 0 amide bonds. The quantitative estimate of drug-likeness (QED) is 0.724. The molecule has 0 aromatic heterocycles. The van der Waals surface area contributed by atoms with Gasteiger partial charge in [-0.1, -0.05) is 30.3 Å². The van der Waals surface area contributed by atoms with Crippen molar-refractivity contribution in [1.29, 1.82) is 0 Å². The molecule has 0 saturated carbocycles. The van der Waals surface area contributed by atoms with E-state index in [-0.39, 0.29) is 6.79 Å². The van der Waals surface area contributed by atoms with E-state index in [9.17, 15) is 0 Å². The maximum absolute atomic E-state index is 5.40. The molecule has 28 heavy (non-hydrogen) atoms. The largest absolute Gasteiger partial charge is 0.454 e. The van der Waals surface area contributed by atoms with E-state index in [1.807, 2.05) is 18.2 Å². The van der Waals surface area contributed by atoms with Gasteiger partial charge in [0.05, 0.1) is 13.2 Å². The fourth-order valence-electron chi connectivity index (χ4n) is 3.26. The molecule has 0 radical (unpaired) electrons. The van der Waals surface area contributed by atoms with Crippen LogP contribution in [0.3, 0.4) is 0 Å². The fourth-order valence-corrected chi connectivity index (χ4v) is 3.40. The summed E-state index contributed by atoms with van der Waals surface area (Å²) in [5.41, 5.74) is 3.63. The van der Waals surface area contributed by atoms with Crippen molar-refractivity contribution in [2.75, 3.05) is 33.1 Å². The van der Waals surface area contributed by atoms with Crippen molar-refractivity contribution in [3.8, 4) is 11.5 Å². The van der Waals surface area contributed by atoms with Crippen molar-refractivity contribution in [3.05, 3.63) is 59.2 Å². The predicted molar refractivity (Wildman–Crippen MR) is 111 cm³/mol. The van der Waals surface area contributed by atoms with Crippen molar-refractivity contribution in [1.82, 2.24) is 15.5 Å². The van der Waals surface area contributed by atoms with Crippen LogP contribution < -0.4 is 20.1 Å². The molecule has 7 heteroatoms. The molecule has 2 aliphatic rings. The Morgan fingerprint density at radius 2 is 1.50 bits per heavy atom. The summed E-state index contributed by atoms with van der Waals surface area (Å²) in [7, 11) is 0. The second kappa shape index (κ2) is 9.23. The monoisotopic (exact) mass is 399 g/mol. The fraction of sp³-hybridized carbons (Fsp3) is 0.381. The zero-order valence-electron chi connectivity index (χ0n) is 15.8. The number of benzene rings is 2. The summed E-state index contributed by atoms with van der Waals surface area (Å²) in [6, 6.07) is 14.6. The summed E-state index contributed by atoms with van der Waals surface area (Å²) in [5, 5.41) is 7.13. The summed E-state index contributed by atoms with van der Waals surface area (Å²) in [6.07, 6.45) is 0. The van der Waals surface area contributed by atoms with Gasteiger partial charge in [-0.2, -0.15) is 0 Å². The first-order valence-electron chi connectivity index (χ1n) is 9.54. The van der Waals surface area contributed by atoms with Gasteiger partial charge in [-0.05, 0) is 41.0 Å². The number of ether oxygens (including phenoxy) is 3.